The van der Waals surface area contributed by atoms with Crippen molar-refractivity contribution in [3.05, 3.63) is 99.6 Å². The van der Waals surface area contributed by atoms with Gasteiger partial charge in [-0.15, -0.1) is 0 Å². The minimum Gasteiger partial charge on any atom is -0.378 e. The second-order valence-electron chi connectivity index (χ2n) is 12.6. The third kappa shape index (κ3) is 7.92. The van der Waals surface area contributed by atoms with Gasteiger partial charge in [-0.25, -0.2) is 9.59 Å². The van der Waals surface area contributed by atoms with E-state index >= 15 is 0 Å². The molecule has 11 nitrogen and oxygen atoms in total. The number of amides is 3. The molecule has 1 fully saturated rings. The number of ether oxygens (including phenoxy) is 1. The highest BCUT2D eigenvalue weighted by Crippen LogP contribution is 2.38. The molecule has 0 bridgehead atoms. The number of quaternary nitrogens is 1. The lowest BCUT2D eigenvalue weighted by Crippen LogP contribution is -2.58. The standard InChI is InChI=1S/C36H36ClF3N5O6/c1-42-15-14-41-33(42)26-6-3-25(4-7-26)23-45(51-35(49)36(38,39)40)30-20-24(5-13-31(46)43-16-18-50-19-17-43)2-8-28(30)21-44(22-32(45)47)34(48)27-9-11-29(37)12-10-27/h2-4,6-12,20H,5,13-19,21-23H2,1H3/q+1. The fourth-order valence-corrected chi connectivity index (χ4v) is 6.53. The van der Waals surface area contributed by atoms with E-state index in [0.717, 1.165) is 17.9 Å². The number of amidine groups is 1. The number of hydrogen-bond acceptors (Lipinski definition) is 8. The van der Waals surface area contributed by atoms with Crippen LogP contribution in [0, 0.1) is 0 Å². The summed E-state index contributed by atoms with van der Waals surface area (Å²) in [6.45, 7) is 1.75. The Balaban J connectivity index is 1.42. The highest BCUT2D eigenvalue weighted by Gasteiger charge is 2.55. The zero-order valence-electron chi connectivity index (χ0n) is 27.8. The molecular formula is C36H36ClF3N5O6+. The largest absolute Gasteiger partial charge is 0.497 e. The molecule has 3 heterocycles. The number of aryl methyl sites for hydroxylation is 1. The third-order valence-electron chi connectivity index (χ3n) is 9.14. The maximum absolute atomic E-state index is 14.5. The van der Waals surface area contributed by atoms with Gasteiger partial charge in [-0.2, -0.15) is 13.2 Å². The van der Waals surface area contributed by atoms with Gasteiger partial charge in [0.2, 0.25) is 5.91 Å². The van der Waals surface area contributed by atoms with Crippen LogP contribution in [0.15, 0.2) is 71.7 Å². The first kappa shape index (κ1) is 36.0. The van der Waals surface area contributed by atoms with Crippen LogP contribution in [-0.4, -0.2) is 103 Å². The number of benzene rings is 3. The lowest BCUT2D eigenvalue weighted by molar-refractivity contribution is -0.235. The molecule has 15 heteroatoms. The van der Waals surface area contributed by atoms with Crippen molar-refractivity contribution in [2.24, 2.45) is 4.99 Å². The molecule has 0 radical (unpaired) electrons. The minimum absolute atomic E-state index is 0.0377. The van der Waals surface area contributed by atoms with Gasteiger partial charge in [0.05, 0.1) is 26.3 Å². The van der Waals surface area contributed by atoms with E-state index in [0.29, 0.717) is 54.6 Å². The summed E-state index contributed by atoms with van der Waals surface area (Å²) in [5, 5.41) is 0.385. The van der Waals surface area contributed by atoms with Crippen molar-refractivity contribution in [3.63, 3.8) is 0 Å². The second kappa shape index (κ2) is 14.8. The number of fused-ring (bicyclic) bond motifs is 1. The molecule has 0 aromatic heterocycles. The fraction of sp³-hybridized carbons (Fsp3) is 0.361. The van der Waals surface area contributed by atoms with Crippen LogP contribution in [0.25, 0.3) is 0 Å². The van der Waals surface area contributed by atoms with Gasteiger partial charge in [0.1, 0.15) is 12.4 Å². The molecule has 1 atom stereocenters. The van der Waals surface area contributed by atoms with Gasteiger partial charge < -0.3 is 19.4 Å². The molecule has 51 heavy (non-hydrogen) atoms. The van der Waals surface area contributed by atoms with Crippen LogP contribution in [0.4, 0.5) is 18.9 Å². The normalized spacial score (nSPS) is 19.4. The Hall–Kier alpha value is -4.79. The Morgan fingerprint density at radius 3 is 2.25 bits per heavy atom. The number of halogens is 4. The predicted molar refractivity (Wildman–Crippen MR) is 181 cm³/mol. The first-order valence-corrected chi connectivity index (χ1v) is 16.8. The van der Waals surface area contributed by atoms with E-state index in [4.69, 9.17) is 21.2 Å². The number of hydrogen-bond donors (Lipinski definition) is 0. The first-order valence-electron chi connectivity index (χ1n) is 16.4. The fourth-order valence-electron chi connectivity index (χ4n) is 6.41. The molecule has 6 rings (SSSR count). The van der Waals surface area contributed by atoms with Gasteiger partial charge in [-0.3, -0.25) is 19.4 Å². The minimum atomic E-state index is -5.44. The van der Waals surface area contributed by atoms with Crippen molar-refractivity contribution < 1.29 is 41.9 Å². The van der Waals surface area contributed by atoms with Gasteiger partial charge in [0.25, 0.3) is 5.91 Å². The quantitative estimate of drug-likeness (QED) is 0.314. The van der Waals surface area contributed by atoms with E-state index in [-0.39, 0.29) is 36.5 Å². The van der Waals surface area contributed by atoms with Gasteiger partial charge in [-0.05, 0) is 40.9 Å². The smallest absolute Gasteiger partial charge is 0.378 e. The highest BCUT2D eigenvalue weighted by molar-refractivity contribution is 6.30. The van der Waals surface area contributed by atoms with Crippen molar-refractivity contribution in [2.45, 2.75) is 32.1 Å². The van der Waals surface area contributed by atoms with Crippen molar-refractivity contribution >= 4 is 46.8 Å². The number of hydroxylamine groups is 2. The molecule has 3 aromatic carbocycles. The number of alkyl halides is 3. The predicted octanol–water partition coefficient (Wildman–Crippen LogP) is 4.53. The summed E-state index contributed by atoms with van der Waals surface area (Å²) in [4.78, 5) is 68.5. The van der Waals surface area contributed by atoms with Crippen LogP contribution in [0.5, 0.6) is 0 Å². The van der Waals surface area contributed by atoms with Crippen LogP contribution in [0.2, 0.25) is 5.02 Å². The molecule has 0 N–H and O–H groups in total. The number of carbonyl (C=O) groups excluding carboxylic acids is 4. The van der Waals surface area contributed by atoms with E-state index in [9.17, 15) is 32.3 Å². The molecule has 3 aliphatic rings. The van der Waals surface area contributed by atoms with Gasteiger partial charge in [0, 0.05) is 66.4 Å². The SMILES string of the molecule is CN1CCN=C1c1ccc(C[N+]2(OC(=O)C(F)(F)F)C(=O)CN(C(=O)c3ccc(Cl)cc3)Cc3ccc(CCC(=O)N4CCOCC4)cc32)cc1. The Morgan fingerprint density at radius 2 is 1.61 bits per heavy atom. The zero-order chi connectivity index (χ0) is 36.3. The van der Waals surface area contributed by atoms with E-state index in [1.54, 1.807) is 41.3 Å². The van der Waals surface area contributed by atoms with Crippen LogP contribution >= 0.6 is 11.6 Å². The Kier molecular flexibility index (Phi) is 10.5. The van der Waals surface area contributed by atoms with E-state index in [1.165, 1.54) is 35.2 Å². The van der Waals surface area contributed by atoms with Crippen molar-refractivity contribution in [1.29, 1.82) is 0 Å². The number of morpholine rings is 1. The maximum atomic E-state index is 14.5. The summed E-state index contributed by atoms with van der Waals surface area (Å²) in [7, 11) is 1.90. The van der Waals surface area contributed by atoms with Crippen LogP contribution in [0.1, 0.15) is 39.0 Å². The molecule has 0 spiro atoms. The van der Waals surface area contributed by atoms with Crippen LogP contribution in [0.3, 0.4) is 0 Å². The average molecular weight is 727 g/mol. The van der Waals surface area contributed by atoms with E-state index in [2.05, 4.69) is 4.99 Å². The molecule has 3 aliphatic heterocycles. The second-order valence-corrected chi connectivity index (χ2v) is 13.1. The summed E-state index contributed by atoms with van der Waals surface area (Å²) in [5.74, 6) is -3.48. The van der Waals surface area contributed by atoms with Crippen molar-refractivity contribution in [1.82, 2.24) is 19.3 Å². The Bertz CT molecular complexity index is 1850. The Morgan fingerprint density at radius 1 is 0.922 bits per heavy atom. The molecule has 3 amide bonds. The zero-order valence-corrected chi connectivity index (χ0v) is 28.6. The lowest BCUT2D eigenvalue weighted by atomic mass is 10.0. The molecule has 0 saturated carbocycles. The first-order chi connectivity index (χ1) is 24.3. The molecule has 268 valence electrons. The summed E-state index contributed by atoms with van der Waals surface area (Å²) in [5.41, 5.74) is 2.15. The van der Waals surface area contributed by atoms with Gasteiger partial charge in [0.15, 0.2) is 12.2 Å². The molecule has 3 aromatic rings. The summed E-state index contributed by atoms with van der Waals surface area (Å²) in [6, 6.07) is 17.5. The molecule has 1 saturated heterocycles. The molecule has 1 unspecified atom stereocenters. The molecular weight excluding hydrogens is 691 g/mol. The number of nitrogens with zero attached hydrogens (tertiary/aromatic N) is 5. The summed E-state index contributed by atoms with van der Waals surface area (Å²) in [6.07, 6.45) is -5.15. The maximum Gasteiger partial charge on any atom is 0.497 e. The third-order valence-corrected chi connectivity index (χ3v) is 9.40. The van der Waals surface area contributed by atoms with E-state index < -0.39 is 41.7 Å². The van der Waals surface area contributed by atoms with Crippen molar-refractivity contribution in [2.75, 3.05) is 53.0 Å². The number of likely N-dealkylation sites (N-methyl/N-ethyl adjacent to an activating group) is 1. The monoisotopic (exact) mass is 726 g/mol. The lowest BCUT2D eigenvalue weighted by Gasteiger charge is -2.32. The number of aliphatic imine (C=N–C) groups is 1. The van der Waals surface area contributed by atoms with Gasteiger partial charge in [-0.1, -0.05) is 48.0 Å². The van der Waals surface area contributed by atoms with Crippen molar-refractivity contribution in [3.8, 4) is 0 Å². The van der Waals surface area contributed by atoms with Gasteiger partial charge >= 0.3 is 18.1 Å². The summed E-state index contributed by atoms with van der Waals surface area (Å²) < 4.78 is 45.7. The Labute approximate surface area is 297 Å². The van der Waals surface area contributed by atoms with Crippen LogP contribution < -0.4 is 4.65 Å². The highest BCUT2D eigenvalue weighted by atomic mass is 35.5. The topological polar surface area (TPSA) is 109 Å². The van der Waals surface area contributed by atoms with Crippen LogP contribution in [-0.2, 0) is 43.5 Å². The average Bonchev–Trinajstić information content (AvgIpc) is 3.51. The molecule has 0 aliphatic carbocycles. The number of rotatable bonds is 8. The van der Waals surface area contributed by atoms with E-state index in [1.807, 2.05) is 11.9 Å². The summed E-state index contributed by atoms with van der Waals surface area (Å²) >= 11 is 6.02. The number of carbonyl (C=O) groups is 4.